The van der Waals surface area contributed by atoms with E-state index in [2.05, 4.69) is 84.3 Å². The predicted molar refractivity (Wildman–Crippen MR) is 105 cm³/mol. The van der Waals surface area contributed by atoms with Crippen LogP contribution in [-0.4, -0.2) is 17.0 Å². The molecule has 128 valence electrons. The molecule has 25 heavy (non-hydrogen) atoms. The minimum atomic E-state index is 0.745. The Morgan fingerprint density at radius 1 is 0.720 bits per heavy atom. The van der Waals surface area contributed by atoms with Crippen molar-refractivity contribution in [2.45, 2.75) is 27.7 Å². The Labute approximate surface area is 149 Å². The van der Waals surface area contributed by atoms with Crippen LogP contribution in [0.5, 0.6) is 0 Å². The van der Waals surface area contributed by atoms with E-state index >= 15 is 0 Å². The lowest BCUT2D eigenvalue weighted by atomic mass is 10.1. The molecule has 0 unspecified atom stereocenters. The lowest BCUT2D eigenvalue weighted by molar-refractivity contribution is 1.08. The highest BCUT2D eigenvalue weighted by molar-refractivity contribution is 5.74. The molecular formula is C21H24N4. The summed E-state index contributed by atoms with van der Waals surface area (Å²) >= 11 is 0. The Morgan fingerprint density at radius 3 is 1.84 bits per heavy atom. The fraction of sp³-hybridized carbons (Fsp3) is 0.238. The van der Waals surface area contributed by atoms with Gasteiger partial charge in [0.1, 0.15) is 0 Å². The Balaban J connectivity index is 1.97. The summed E-state index contributed by atoms with van der Waals surface area (Å²) < 4.78 is 0. The summed E-state index contributed by atoms with van der Waals surface area (Å²) in [6.07, 6.45) is 3.44. The van der Waals surface area contributed by atoms with Crippen LogP contribution >= 0.6 is 0 Å². The minimum Gasteiger partial charge on any atom is -0.337 e. The number of benzene rings is 2. The van der Waals surface area contributed by atoms with Crippen molar-refractivity contribution in [2.75, 3.05) is 17.3 Å². The summed E-state index contributed by atoms with van der Waals surface area (Å²) in [6.45, 7) is 8.40. The van der Waals surface area contributed by atoms with Crippen LogP contribution in [0.25, 0.3) is 0 Å². The van der Waals surface area contributed by atoms with Crippen LogP contribution < -0.4 is 10.2 Å². The van der Waals surface area contributed by atoms with Crippen molar-refractivity contribution in [1.82, 2.24) is 9.97 Å². The topological polar surface area (TPSA) is 41.1 Å². The van der Waals surface area contributed by atoms with Gasteiger partial charge in [-0.25, -0.2) is 9.97 Å². The number of anilines is 4. The van der Waals surface area contributed by atoms with Gasteiger partial charge in [0.15, 0.2) is 11.6 Å². The Morgan fingerprint density at radius 2 is 1.24 bits per heavy atom. The van der Waals surface area contributed by atoms with E-state index in [0.29, 0.717) is 0 Å². The third-order valence-corrected chi connectivity index (χ3v) is 4.07. The zero-order valence-electron chi connectivity index (χ0n) is 15.5. The molecule has 0 radical (unpaired) electrons. The van der Waals surface area contributed by atoms with Crippen molar-refractivity contribution in [1.29, 1.82) is 0 Å². The molecule has 3 rings (SSSR count). The van der Waals surface area contributed by atoms with E-state index in [4.69, 9.17) is 0 Å². The van der Waals surface area contributed by atoms with Gasteiger partial charge >= 0.3 is 0 Å². The smallest absolute Gasteiger partial charge is 0.176 e. The second kappa shape index (κ2) is 6.93. The molecule has 0 amide bonds. The molecule has 1 N–H and O–H groups in total. The van der Waals surface area contributed by atoms with E-state index in [1.807, 2.05) is 7.05 Å². The number of hydrogen-bond acceptors (Lipinski definition) is 4. The molecule has 4 heteroatoms. The van der Waals surface area contributed by atoms with Crippen molar-refractivity contribution >= 4 is 23.0 Å². The summed E-state index contributed by atoms with van der Waals surface area (Å²) in [5.41, 5.74) is 7.02. The van der Waals surface area contributed by atoms with Gasteiger partial charge in [0.25, 0.3) is 0 Å². The van der Waals surface area contributed by atoms with Gasteiger partial charge in [-0.3, -0.25) is 0 Å². The molecule has 1 heterocycles. The number of nitrogens with one attached hydrogen (secondary N) is 1. The number of aryl methyl sites for hydroxylation is 4. The van der Waals surface area contributed by atoms with E-state index in [-0.39, 0.29) is 0 Å². The third-order valence-electron chi connectivity index (χ3n) is 4.07. The molecule has 0 atom stereocenters. The molecule has 0 saturated heterocycles. The van der Waals surface area contributed by atoms with Gasteiger partial charge in [0.05, 0.1) is 0 Å². The molecule has 3 aromatic rings. The summed E-state index contributed by atoms with van der Waals surface area (Å²) in [5, 5.41) is 3.42. The van der Waals surface area contributed by atoms with Crippen molar-refractivity contribution in [3.8, 4) is 0 Å². The van der Waals surface area contributed by atoms with Crippen LogP contribution in [0.3, 0.4) is 0 Å². The van der Waals surface area contributed by atoms with Crippen LogP contribution in [-0.2, 0) is 0 Å². The second-order valence-corrected chi connectivity index (χ2v) is 6.63. The first-order chi connectivity index (χ1) is 11.9. The van der Waals surface area contributed by atoms with Crippen LogP contribution in [0, 0.1) is 27.7 Å². The number of nitrogens with zero attached hydrogens (tertiary/aromatic N) is 3. The summed E-state index contributed by atoms with van der Waals surface area (Å²) in [4.78, 5) is 11.1. The van der Waals surface area contributed by atoms with E-state index in [1.165, 1.54) is 22.3 Å². The second-order valence-electron chi connectivity index (χ2n) is 6.63. The fourth-order valence-electron chi connectivity index (χ4n) is 3.11. The lowest BCUT2D eigenvalue weighted by Gasteiger charge is -2.22. The Bertz CT molecular complexity index is 862. The van der Waals surface area contributed by atoms with Gasteiger partial charge in [-0.15, -0.1) is 0 Å². The maximum Gasteiger partial charge on any atom is 0.176 e. The quantitative estimate of drug-likeness (QED) is 0.711. The highest BCUT2D eigenvalue weighted by Gasteiger charge is 2.13. The van der Waals surface area contributed by atoms with Crippen LogP contribution in [0.1, 0.15) is 22.3 Å². The van der Waals surface area contributed by atoms with Crippen molar-refractivity contribution in [3.05, 3.63) is 71.0 Å². The molecule has 0 aliphatic rings. The largest absolute Gasteiger partial charge is 0.337 e. The minimum absolute atomic E-state index is 0.745. The molecule has 0 aliphatic carbocycles. The standard InChI is InChI=1S/C21H24N4/c1-14-8-15(2)11-18(10-14)24-20-21(23-7-6-22-20)25(5)19-12-16(3)9-17(4)13-19/h6-13H,1-5H3,(H,22,24). The fourth-order valence-corrected chi connectivity index (χ4v) is 3.11. The predicted octanol–water partition coefficient (Wildman–Crippen LogP) is 5.22. The molecule has 0 saturated carbocycles. The first kappa shape index (κ1) is 17.0. The Kier molecular flexibility index (Phi) is 4.70. The van der Waals surface area contributed by atoms with E-state index < -0.39 is 0 Å². The number of hydrogen-bond donors (Lipinski definition) is 1. The van der Waals surface area contributed by atoms with Gasteiger partial charge in [-0.2, -0.15) is 0 Å². The summed E-state index contributed by atoms with van der Waals surface area (Å²) in [7, 11) is 2.02. The number of rotatable bonds is 4. The zero-order chi connectivity index (χ0) is 18.0. The van der Waals surface area contributed by atoms with Crippen molar-refractivity contribution in [2.24, 2.45) is 0 Å². The molecule has 2 aromatic carbocycles. The van der Waals surface area contributed by atoms with Crippen LogP contribution in [0.2, 0.25) is 0 Å². The van der Waals surface area contributed by atoms with Gasteiger partial charge in [0.2, 0.25) is 0 Å². The van der Waals surface area contributed by atoms with Crippen molar-refractivity contribution < 1.29 is 0 Å². The first-order valence-electron chi connectivity index (χ1n) is 8.41. The van der Waals surface area contributed by atoms with Gasteiger partial charge < -0.3 is 10.2 Å². The molecule has 0 aliphatic heterocycles. The number of aromatic nitrogens is 2. The average molecular weight is 332 g/mol. The molecule has 4 nitrogen and oxygen atoms in total. The highest BCUT2D eigenvalue weighted by atomic mass is 15.2. The van der Waals surface area contributed by atoms with E-state index in [0.717, 1.165) is 23.0 Å². The van der Waals surface area contributed by atoms with E-state index in [9.17, 15) is 0 Å². The van der Waals surface area contributed by atoms with Crippen LogP contribution in [0.4, 0.5) is 23.0 Å². The van der Waals surface area contributed by atoms with Crippen molar-refractivity contribution in [3.63, 3.8) is 0 Å². The Hall–Kier alpha value is -2.88. The molecule has 1 aromatic heterocycles. The normalized spacial score (nSPS) is 10.6. The molecule has 0 spiro atoms. The average Bonchev–Trinajstić information content (AvgIpc) is 2.53. The molecule has 0 bridgehead atoms. The van der Waals surface area contributed by atoms with E-state index in [1.54, 1.807) is 12.4 Å². The van der Waals surface area contributed by atoms with Crippen LogP contribution in [0.15, 0.2) is 48.8 Å². The molecule has 0 fully saturated rings. The maximum atomic E-state index is 4.56. The lowest BCUT2D eigenvalue weighted by Crippen LogP contribution is -2.14. The van der Waals surface area contributed by atoms with Gasteiger partial charge in [-0.1, -0.05) is 12.1 Å². The monoisotopic (exact) mass is 332 g/mol. The third kappa shape index (κ3) is 3.97. The highest BCUT2D eigenvalue weighted by Crippen LogP contribution is 2.30. The summed E-state index contributed by atoms with van der Waals surface area (Å²) in [5.74, 6) is 1.54. The first-order valence-corrected chi connectivity index (χ1v) is 8.41. The molecular weight excluding hydrogens is 308 g/mol. The maximum absolute atomic E-state index is 4.56. The van der Waals surface area contributed by atoms with Gasteiger partial charge in [0, 0.05) is 30.8 Å². The SMILES string of the molecule is Cc1cc(C)cc(Nc2nccnc2N(C)c2cc(C)cc(C)c2)c1. The zero-order valence-corrected chi connectivity index (χ0v) is 15.5. The summed E-state index contributed by atoms with van der Waals surface area (Å²) in [6, 6.07) is 12.9. The van der Waals surface area contributed by atoms with Gasteiger partial charge in [-0.05, 0) is 74.2 Å².